The van der Waals surface area contributed by atoms with Crippen molar-refractivity contribution in [3.63, 3.8) is 0 Å². The summed E-state index contributed by atoms with van der Waals surface area (Å²) in [6.07, 6.45) is 5.84. The molecule has 0 aromatic rings. The zero-order valence-corrected chi connectivity index (χ0v) is 14.6. The minimum Gasteiger partial charge on any atom is -0.357 e. The minimum absolute atomic E-state index is 0.0951. The topological polar surface area (TPSA) is 63.2 Å². The summed E-state index contributed by atoms with van der Waals surface area (Å²) in [4.78, 5) is 11.3. The molecule has 0 bridgehead atoms. The van der Waals surface area contributed by atoms with Crippen LogP contribution in [0.2, 0.25) is 0 Å². The second-order valence-corrected chi connectivity index (χ2v) is 6.30. The molecule has 0 radical (unpaired) electrons. The van der Waals surface area contributed by atoms with Crippen molar-refractivity contribution in [2.45, 2.75) is 44.5 Å². The minimum atomic E-state index is -0.848. The normalized spacial score (nSPS) is 29.7. The zero-order valence-electron chi connectivity index (χ0n) is 14.6. The quantitative estimate of drug-likeness (QED) is 0.848. The molecule has 0 saturated heterocycles. The number of allylic oxidation sites excluding steroid dienone is 6. The molecule has 25 heavy (non-hydrogen) atoms. The molecule has 2 heterocycles. The number of aliphatic imine (C=N–C) groups is 2. The van der Waals surface area contributed by atoms with Gasteiger partial charge >= 0.3 is 0 Å². The fraction of sp³-hybridized carbons (Fsp3) is 0.556. The van der Waals surface area contributed by atoms with Gasteiger partial charge in [-0.15, -0.1) is 0 Å². The van der Waals surface area contributed by atoms with E-state index in [1.54, 1.807) is 12.2 Å². The standard InChI is InChI=1S/C18H24F2N4O/c1-3-25-18-17-14(24(2)15(10-21)23-18)9-8-13(22-17)11-6-4-5-7-12(19)16(11)20/h5-7,14,17-18H,3-4,8-10,21H2,1-2H3. The van der Waals surface area contributed by atoms with Gasteiger partial charge in [-0.3, -0.25) is 4.99 Å². The molecule has 0 aromatic carbocycles. The molecule has 0 amide bonds. The summed E-state index contributed by atoms with van der Waals surface area (Å²) in [6, 6.07) is -0.158. The monoisotopic (exact) mass is 350 g/mol. The van der Waals surface area contributed by atoms with Crippen LogP contribution in [0.3, 0.4) is 0 Å². The molecule has 0 spiro atoms. The Bertz CT molecular complexity index is 681. The first-order chi connectivity index (χ1) is 12.1. The maximum Gasteiger partial charge on any atom is 0.174 e. The summed E-state index contributed by atoms with van der Waals surface area (Å²) in [5.74, 6) is -0.901. The Kier molecular flexibility index (Phi) is 5.44. The molecular formula is C18H24F2N4O. The summed E-state index contributed by atoms with van der Waals surface area (Å²) < 4.78 is 33.9. The molecule has 2 N–H and O–H groups in total. The third kappa shape index (κ3) is 3.43. The van der Waals surface area contributed by atoms with Crippen LogP contribution in [-0.2, 0) is 4.74 Å². The van der Waals surface area contributed by atoms with Crippen LogP contribution in [0.4, 0.5) is 8.78 Å². The highest BCUT2D eigenvalue weighted by Crippen LogP contribution is 2.33. The summed E-state index contributed by atoms with van der Waals surface area (Å²) >= 11 is 0. The van der Waals surface area contributed by atoms with Gasteiger partial charge in [0.15, 0.2) is 17.9 Å². The number of halogens is 2. The number of nitrogens with two attached hydrogens (primary N) is 1. The lowest BCUT2D eigenvalue weighted by Gasteiger charge is -2.43. The van der Waals surface area contributed by atoms with Crippen molar-refractivity contribution in [1.82, 2.24) is 4.90 Å². The molecule has 0 saturated carbocycles. The van der Waals surface area contributed by atoms with Crippen molar-refractivity contribution >= 4 is 11.5 Å². The number of hydrogen-bond acceptors (Lipinski definition) is 5. The van der Waals surface area contributed by atoms with Crippen molar-refractivity contribution in [3.8, 4) is 0 Å². The van der Waals surface area contributed by atoms with Crippen LogP contribution in [0.1, 0.15) is 26.2 Å². The number of amidine groups is 1. The van der Waals surface area contributed by atoms with Gasteiger partial charge in [-0.2, -0.15) is 0 Å². The number of ether oxygens (including phenoxy) is 1. The van der Waals surface area contributed by atoms with Crippen LogP contribution < -0.4 is 5.73 Å². The number of fused-ring (bicyclic) bond motifs is 1. The average molecular weight is 350 g/mol. The second-order valence-electron chi connectivity index (χ2n) is 6.30. The van der Waals surface area contributed by atoms with Crippen molar-refractivity contribution < 1.29 is 13.5 Å². The highest BCUT2D eigenvalue weighted by atomic mass is 19.2. The molecule has 3 unspecified atom stereocenters. The lowest BCUT2D eigenvalue weighted by Crippen LogP contribution is -2.56. The molecule has 0 aromatic heterocycles. The Balaban J connectivity index is 1.96. The van der Waals surface area contributed by atoms with Crippen LogP contribution in [0.15, 0.2) is 45.4 Å². The van der Waals surface area contributed by atoms with E-state index in [4.69, 9.17) is 15.5 Å². The fourth-order valence-corrected chi connectivity index (χ4v) is 3.57. The molecule has 3 rings (SSSR count). The Morgan fingerprint density at radius 3 is 2.88 bits per heavy atom. The summed E-state index contributed by atoms with van der Waals surface area (Å²) in [5.41, 5.74) is 6.63. The second kappa shape index (κ2) is 7.58. The van der Waals surface area contributed by atoms with Crippen molar-refractivity contribution in [2.24, 2.45) is 15.7 Å². The van der Waals surface area contributed by atoms with Crippen LogP contribution in [0.5, 0.6) is 0 Å². The molecule has 0 fully saturated rings. The van der Waals surface area contributed by atoms with Gasteiger partial charge in [-0.1, -0.05) is 12.2 Å². The van der Waals surface area contributed by atoms with Crippen LogP contribution in [-0.4, -0.2) is 55.0 Å². The lowest BCUT2D eigenvalue weighted by molar-refractivity contribution is 0.0202. The maximum atomic E-state index is 14.4. The number of likely N-dealkylation sites (N-methyl/N-ethyl adjacent to an activating group) is 1. The Labute approximate surface area is 146 Å². The first-order valence-corrected chi connectivity index (χ1v) is 8.67. The summed E-state index contributed by atoms with van der Waals surface area (Å²) in [7, 11) is 1.95. The van der Waals surface area contributed by atoms with Crippen LogP contribution >= 0.6 is 0 Å². The highest BCUT2D eigenvalue weighted by Gasteiger charge is 2.41. The lowest BCUT2D eigenvalue weighted by atomic mass is 9.90. The molecule has 7 heteroatoms. The smallest absolute Gasteiger partial charge is 0.174 e. The molecule has 1 aliphatic carbocycles. The molecule has 5 nitrogen and oxygen atoms in total. The number of hydrogen-bond donors (Lipinski definition) is 1. The Morgan fingerprint density at radius 2 is 2.16 bits per heavy atom. The first-order valence-electron chi connectivity index (χ1n) is 8.67. The molecular weight excluding hydrogens is 326 g/mol. The molecule has 136 valence electrons. The van der Waals surface area contributed by atoms with Gasteiger partial charge in [-0.05, 0) is 32.3 Å². The predicted molar refractivity (Wildman–Crippen MR) is 95.0 cm³/mol. The van der Waals surface area contributed by atoms with Crippen molar-refractivity contribution in [1.29, 1.82) is 0 Å². The number of nitrogens with zero attached hydrogens (tertiary/aromatic N) is 3. The van der Waals surface area contributed by atoms with E-state index in [1.165, 1.54) is 6.08 Å². The van der Waals surface area contributed by atoms with Crippen molar-refractivity contribution in [2.75, 3.05) is 20.2 Å². The van der Waals surface area contributed by atoms with Crippen LogP contribution in [0, 0.1) is 0 Å². The maximum absolute atomic E-state index is 14.4. The fourth-order valence-electron chi connectivity index (χ4n) is 3.57. The van der Waals surface area contributed by atoms with E-state index in [9.17, 15) is 8.78 Å². The SMILES string of the molecule is CCOC1N=C(CN)N(C)C2CCC(C3=CCC=CC(F)=C3F)=NC12. The largest absolute Gasteiger partial charge is 0.357 e. The molecule has 3 aliphatic rings. The van der Waals surface area contributed by atoms with Crippen molar-refractivity contribution in [3.05, 3.63) is 35.5 Å². The van der Waals surface area contributed by atoms with E-state index in [2.05, 4.69) is 4.99 Å². The van der Waals surface area contributed by atoms with Gasteiger partial charge in [0.2, 0.25) is 0 Å². The van der Waals surface area contributed by atoms with E-state index >= 15 is 0 Å². The van der Waals surface area contributed by atoms with E-state index in [0.717, 1.165) is 12.3 Å². The third-order valence-corrected chi connectivity index (χ3v) is 4.85. The van der Waals surface area contributed by atoms with Gasteiger partial charge in [0, 0.05) is 24.9 Å². The van der Waals surface area contributed by atoms with E-state index < -0.39 is 17.9 Å². The Hall–Kier alpha value is -1.86. The molecule has 3 atom stereocenters. The zero-order chi connectivity index (χ0) is 18.0. The van der Waals surface area contributed by atoms with Gasteiger partial charge in [0.05, 0.1) is 12.6 Å². The van der Waals surface area contributed by atoms with E-state index in [0.29, 0.717) is 31.7 Å². The third-order valence-electron chi connectivity index (χ3n) is 4.85. The number of rotatable bonds is 4. The van der Waals surface area contributed by atoms with Gasteiger partial charge in [0.25, 0.3) is 0 Å². The average Bonchev–Trinajstić information content (AvgIpc) is 2.79. The van der Waals surface area contributed by atoms with E-state index in [-0.39, 0.29) is 17.7 Å². The molecule has 2 aliphatic heterocycles. The van der Waals surface area contributed by atoms with Gasteiger partial charge in [0.1, 0.15) is 11.9 Å². The summed E-state index contributed by atoms with van der Waals surface area (Å²) in [5, 5.41) is 0. The predicted octanol–water partition coefficient (Wildman–Crippen LogP) is 2.66. The Morgan fingerprint density at radius 1 is 1.36 bits per heavy atom. The summed E-state index contributed by atoms with van der Waals surface area (Å²) in [6.45, 7) is 2.73. The highest BCUT2D eigenvalue weighted by molar-refractivity contribution is 6.04. The van der Waals surface area contributed by atoms with Gasteiger partial charge < -0.3 is 15.4 Å². The first kappa shape index (κ1) is 17.9. The van der Waals surface area contributed by atoms with Gasteiger partial charge in [-0.25, -0.2) is 13.8 Å². The van der Waals surface area contributed by atoms with Crippen LogP contribution in [0.25, 0.3) is 0 Å². The van der Waals surface area contributed by atoms with E-state index in [1.807, 2.05) is 18.9 Å².